The van der Waals surface area contributed by atoms with Gasteiger partial charge in [0.2, 0.25) is 0 Å². The second-order valence-corrected chi connectivity index (χ2v) is 8.28. The molecule has 0 spiro atoms. The van der Waals surface area contributed by atoms with Crippen LogP contribution in [0.3, 0.4) is 0 Å². The summed E-state index contributed by atoms with van der Waals surface area (Å²) in [6.07, 6.45) is 10.2. The average molecular weight is 445 g/mol. The molecular weight excluding hydrogens is 423 g/mol. The molecule has 4 rings (SSSR count). The Hall–Kier alpha value is -2.38. The van der Waals surface area contributed by atoms with Crippen molar-refractivity contribution in [1.29, 1.82) is 0 Å². The molecule has 2 aliphatic heterocycles. The van der Waals surface area contributed by atoms with Crippen molar-refractivity contribution in [3.63, 3.8) is 0 Å². The van der Waals surface area contributed by atoms with Gasteiger partial charge < -0.3 is 15.7 Å². The standard InChI is InChI=1S/C22H22Cl2N4O2/c23-18-11-17(12-19(24)13-18)21(30)27-22(28-9-4-20(29)5-10-28)14-16(3-8-26-22)15-1-6-25-7-2-15/h1-3,6-8,11-14,20,26,29H,4-5,9-10H2,(H,27,30). The number of carbonyl (C=O) groups excluding carboxylic acids is 1. The number of aliphatic hydroxyl groups excluding tert-OH is 1. The number of likely N-dealkylation sites (tertiary alicyclic amines) is 1. The van der Waals surface area contributed by atoms with E-state index < -0.39 is 5.79 Å². The summed E-state index contributed by atoms with van der Waals surface area (Å²) in [5, 5.41) is 17.2. The predicted octanol–water partition coefficient (Wildman–Crippen LogP) is 3.43. The molecule has 1 unspecified atom stereocenters. The molecule has 1 saturated heterocycles. The fourth-order valence-corrected chi connectivity index (χ4v) is 4.31. The molecule has 1 aromatic heterocycles. The Morgan fingerprint density at radius 1 is 1.17 bits per heavy atom. The molecule has 2 aliphatic rings. The number of piperidine rings is 1. The third kappa shape index (κ3) is 4.52. The van der Waals surface area contributed by atoms with Crippen LogP contribution in [0.1, 0.15) is 28.8 Å². The molecule has 3 heterocycles. The lowest BCUT2D eigenvalue weighted by atomic mass is 9.98. The number of aliphatic hydroxyl groups is 1. The number of carbonyl (C=O) groups is 1. The van der Waals surface area contributed by atoms with E-state index in [-0.39, 0.29) is 12.0 Å². The summed E-state index contributed by atoms with van der Waals surface area (Å²) < 4.78 is 0. The van der Waals surface area contributed by atoms with Gasteiger partial charge in [0.05, 0.1) is 6.10 Å². The van der Waals surface area contributed by atoms with Crippen LogP contribution in [-0.2, 0) is 0 Å². The molecule has 0 bridgehead atoms. The van der Waals surface area contributed by atoms with Gasteiger partial charge in [-0.25, -0.2) is 0 Å². The maximum Gasteiger partial charge on any atom is 0.254 e. The third-order valence-electron chi connectivity index (χ3n) is 5.34. The highest BCUT2D eigenvalue weighted by Crippen LogP contribution is 2.28. The first kappa shape index (κ1) is 20.9. The second kappa shape index (κ2) is 8.78. The summed E-state index contributed by atoms with van der Waals surface area (Å²) in [4.78, 5) is 19.4. The lowest BCUT2D eigenvalue weighted by Crippen LogP contribution is -2.68. The minimum absolute atomic E-state index is 0.307. The lowest BCUT2D eigenvalue weighted by molar-refractivity contribution is 0.0109. The first-order chi connectivity index (χ1) is 14.4. The Bertz CT molecular complexity index is 968. The zero-order valence-corrected chi connectivity index (χ0v) is 17.7. The van der Waals surface area contributed by atoms with E-state index in [9.17, 15) is 9.90 Å². The second-order valence-electron chi connectivity index (χ2n) is 7.41. The highest BCUT2D eigenvalue weighted by Gasteiger charge is 2.39. The van der Waals surface area contributed by atoms with Crippen molar-refractivity contribution in [3.05, 3.63) is 82.2 Å². The molecule has 1 aromatic carbocycles. The fraction of sp³-hybridized carbons (Fsp3) is 0.273. The average Bonchev–Trinajstić information content (AvgIpc) is 2.74. The zero-order valence-electron chi connectivity index (χ0n) is 16.2. The van der Waals surface area contributed by atoms with Gasteiger partial charge in [-0.2, -0.15) is 0 Å². The zero-order chi connectivity index (χ0) is 21.1. The van der Waals surface area contributed by atoms with E-state index >= 15 is 0 Å². The Balaban J connectivity index is 1.70. The molecule has 8 heteroatoms. The molecule has 3 N–H and O–H groups in total. The van der Waals surface area contributed by atoms with Crippen molar-refractivity contribution in [2.75, 3.05) is 13.1 Å². The van der Waals surface area contributed by atoms with Crippen LogP contribution in [0.2, 0.25) is 10.0 Å². The maximum absolute atomic E-state index is 13.2. The molecule has 0 saturated carbocycles. The first-order valence-electron chi connectivity index (χ1n) is 9.74. The summed E-state index contributed by atoms with van der Waals surface area (Å²) in [6, 6.07) is 8.60. The first-order valence-corrected chi connectivity index (χ1v) is 10.5. The van der Waals surface area contributed by atoms with Crippen molar-refractivity contribution >= 4 is 34.7 Å². The van der Waals surface area contributed by atoms with Crippen LogP contribution in [0.5, 0.6) is 0 Å². The van der Waals surface area contributed by atoms with Gasteiger partial charge in [0.25, 0.3) is 5.91 Å². The SMILES string of the molecule is O=C(NC1(N2CCC(O)CC2)C=C(c2ccncc2)C=CN1)c1cc(Cl)cc(Cl)c1. The van der Waals surface area contributed by atoms with Gasteiger partial charge in [-0.3, -0.25) is 14.7 Å². The van der Waals surface area contributed by atoms with Crippen LogP contribution >= 0.6 is 23.2 Å². The number of amides is 1. The van der Waals surface area contributed by atoms with Gasteiger partial charge in [0.1, 0.15) is 0 Å². The van der Waals surface area contributed by atoms with E-state index in [1.54, 1.807) is 30.6 Å². The molecule has 156 valence electrons. The Labute approximate surface area is 185 Å². The van der Waals surface area contributed by atoms with Crippen molar-refractivity contribution in [2.24, 2.45) is 0 Å². The number of pyridine rings is 1. The molecular formula is C22H22Cl2N4O2. The predicted molar refractivity (Wildman–Crippen MR) is 118 cm³/mol. The van der Waals surface area contributed by atoms with Gasteiger partial charge in [-0.05, 0) is 66.5 Å². The van der Waals surface area contributed by atoms with Gasteiger partial charge in [-0.1, -0.05) is 23.2 Å². The van der Waals surface area contributed by atoms with Crippen LogP contribution in [0.25, 0.3) is 5.57 Å². The Morgan fingerprint density at radius 3 is 2.50 bits per heavy atom. The summed E-state index contributed by atoms with van der Waals surface area (Å²) >= 11 is 12.2. The smallest absolute Gasteiger partial charge is 0.254 e. The van der Waals surface area contributed by atoms with Crippen molar-refractivity contribution in [3.8, 4) is 0 Å². The van der Waals surface area contributed by atoms with Crippen LogP contribution in [0.15, 0.2) is 61.1 Å². The highest BCUT2D eigenvalue weighted by atomic mass is 35.5. The largest absolute Gasteiger partial charge is 0.393 e. The highest BCUT2D eigenvalue weighted by molar-refractivity contribution is 6.35. The summed E-state index contributed by atoms with van der Waals surface area (Å²) in [5.74, 6) is -1.27. The molecule has 1 fully saturated rings. The molecule has 0 aliphatic carbocycles. The van der Waals surface area contributed by atoms with Gasteiger partial charge in [0, 0.05) is 47.3 Å². The van der Waals surface area contributed by atoms with Crippen LogP contribution in [-0.4, -0.2) is 45.9 Å². The number of nitrogens with one attached hydrogen (secondary N) is 2. The summed E-state index contributed by atoms with van der Waals surface area (Å²) in [5.41, 5.74) is 2.31. The minimum Gasteiger partial charge on any atom is -0.393 e. The monoisotopic (exact) mass is 444 g/mol. The van der Waals surface area contributed by atoms with E-state index in [2.05, 4.69) is 20.5 Å². The van der Waals surface area contributed by atoms with Crippen molar-refractivity contribution in [1.82, 2.24) is 20.5 Å². The number of halogens is 2. The van der Waals surface area contributed by atoms with Crippen LogP contribution in [0, 0.1) is 0 Å². The number of hydrogen-bond donors (Lipinski definition) is 3. The van der Waals surface area contributed by atoms with E-state index in [0.29, 0.717) is 41.5 Å². The normalized spacial score (nSPS) is 22.3. The Morgan fingerprint density at radius 2 is 1.83 bits per heavy atom. The third-order valence-corrected chi connectivity index (χ3v) is 5.77. The fourth-order valence-electron chi connectivity index (χ4n) is 3.78. The molecule has 0 radical (unpaired) electrons. The topological polar surface area (TPSA) is 77.5 Å². The number of aromatic nitrogens is 1. The van der Waals surface area contributed by atoms with E-state index in [0.717, 1.165) is 11.1 Å². The number of allylic oxidation sites excluding steroid dienone is 2. The number of nitrogens with zero attached hydrogens (tertiary/aromatic N) is 2. The van der Waals surface area contributed by atoms with Crippen molar-refractivity contribution < 1.29 is 9.90 Å². The van der Waals surface area contributed by atoms with E-state index in [1.807, 2.05) is 30.5 Å². The Kier molecular flexibility index (Phi) is 6.11. The lowest BCUT2D eigenvalue weighted by Gasteiger charge is -2.46. The molecule has 30 heavy (non-hydrogen) atoms. The summed E-state index contributed by atoms with van der Waals surface area (Å²) in [7, 11) is 0. The van der Waals surface area contributed by atoms with Crippen LogP contribution in [0.4, 0.5) is 0 Å². The van der Waals surface area contributed by atoms with Crippen molar-refractivity contribution in [2.45, 2.75) is 24.7 Å². The molecule has 6 nitrogen and oxygen atoms in total. The van der Waals surface area contributed by atoms with Gasteiger partial charge in [-0.15, -0.1) is 0 Å². The number of benzene rings is 1. The number of dihydropyridines is 1. The maximum atomic E-state index is 13.2. The minimum atomic E-state index is -0.959. The summed E-state index contributed by atoms with van der Waals surface area (Å²) in [6.45, 7) is 1.25. The van der Waals surface area contributed by atoms with E-state index in [4.69, 9.17) is 23.2 Å². The number of rotatable bonds is 4. The molecule has 2 aromatic rings. The number of hydrogen-bond acceptors (Lipinski definition) is 5. The van der Waals surface area contributed by atoms with E-state index in [1.165, 1.54) is 0 Å². The van der Waals surface area contributed by atoms with Gasteiger partial charge in [0.15, 0.2) is 5.79 Å². The quantitative estimate of drug-likeness (QED) is 0.673. The van der Waals surface area contributed by atoms with Gasteiger partial charge >= 0.3 is 0 Å². The molecule has 1 amide bonds. The molecule has 1 atom stereocenters. The van der Waals surface area contributed by atoms with Crippen LogP contribution < -0.4 is 10.6 Å².